The van der Waals surface area contributed by atoms with Crippen molar-refractivity contribution >= 4 is 62.4 Å². The van der Waals surface area contributed by atoms with Gasteiger partial charge in [0.25, 0.3) is 5.78 Å². The molecule has 2 heterocycles. The Morgan fingerprint density at radius 1 is 1.09 bits per heavy atom. The number of aromatic nitrogens is 1. The monoisotopic (exact) mass is 548 g/mol. The molecule has 33 heavy (non-hydrogen) atoms. The molecular formula is C24H19BrCl2N2O4. The second-order valence-electron chi connectivity index (χ2n) is 8.64. The smallest absolute Gasteiger partial charge is 0.301 e. The number of amides is 1. The number of ketones is 1. The summed E-state index contributed by atoms with van der Waals surface area (Å²) < 4.78 is 6.26. The first kappa shape index (κ1) is 23.5. The summed E-state index contributed by atoms with van der Waals surface area (Å²) in [6.07, 6.45) is 0. The fourth-order valence-corrected chi connectivity index (χ4v) is 4.36. The molecule has 6 nitrogen and oxygen atoms in total. The van der Waals surface area contributed by atoms with Gasteiger partial charge in [0, 0.05) is 31.6 Å². The zero-order valence-corrected chi connectivity index (χ0v) is 21.0. The lowest BCUT2D eigenvalue weighted by atomic mass is 9.93. The van der Waals surface area contributed by atoms with Crippen molar-refractivity contribution in [2.45, 2.75) is 32.2 Å². The second kappa shape index (κ2) is 8.63. The molecule has 0 bridgehead atoms. The van der Waals surface area contributed by atoms with Gasteiger partial charge in [0.15, 0.2) is 5.82 Å². The molecule has 9 heteroatoms. The number of aliphatic hydroxyl groups excluding tert-OH is 1. The number of hydrogen-bond donors (Lipinski definition) is 1. The molecule has 1 saturated heterocycles. The average Bonchev–Trinajstić information content (AvgIpc) is 3.32. The molecule has 3 aromatic rings. The van der Waals surface area contributed by atoms with Crippen LogP contribution >= 0.6 is 39.1 Å². The Morgan fingerprint density at radius 2 is 1.76 bits per heavy atom. The molecule has 0 aliphatic carbocycles. The Kier molecular flexibility index (Phi) is 6.16. The molecule has 2 aromatic carbocycles. The first-order valence-electron chi connectivity index (χ1n) is 9.98. The third kappa shape index (κ3) is 4.33. The van der Waals surface area contributed by atoms with E-state index in [1.165, 1.54) is 11.0 Å². The summed E-state index contributed by atoms with van der Waals surface area (Å²) in [5.74, 6) is -1.34. The Bertz CT molecular complexity index is 1290. The van der Waals surface area contributed by atoms with Gasteiger partial charge in [-0.15, -0.1) is 0 Å². The van der Waals surface area contributed by atoms with Crippen molar-refractivity contribution in [1.82, 2.24) is 5.16 Å². The third-order valence-electron chi connectivity index (χ3n) is 5.30. The van der Waals surface area contributed by atoms with Gasteiger partial charge in [-0.05, 0) is 29.8 Å². The molecule has 170 valence electrons. The van der Waals surface area contributed by atoms with Gasteiger partial charge < -0.3 is 9.63 Å². The number of Topliss-reactive ketones (excluding diaryl/α,β-unsaturated/α-hetero) is 1. The van der Waals surface area contributed by atoms with Gasteiger partial charge in [-0.1, -0.05) is 83.3 Å². The molecule has 4 rings (SSSR count). The van der Waals surface area contributed by atoms with E-state index in [1.54, 1.807) is 42.5 Å². The summed E-state index contributed by atoms with van der Waals surface area (Å²) in [5.41, 5.74) is 0.317. The Balaban J connectivity index is 1.95. The van der Waals surface area contributed by atoms with Crippen molar-refractivity contribution in [3.63, 3.8) is 0 Å². The van der Waals surface area contributed by atoms with Crippen molar-refractivity contribution < 1.29 is 19.2 Å². The van der Waals surface area contributed by atoms with Crippen molar-refractivity contribution in [1.29, 1.82) is 0 Å². The predicted octanol–water partition coefficient (Wildman–Crippen LogP) is 6.67. The third-order valence-corrected chi connectivity index (χ3v) is 6.39. The molecular weight excluding hydrogens is 531 g/mol. The van der Waals surface area contributed by atoms with Crippen molar-refractivity contribution in [2.24, 2.45) is 0 Å². The molecule has 0 radical (unpaired) electrons. The first-order chi connectivity index (χ1) is 15.5. The van der Waals surface area contributed by atoms with Gasteiger partial charge in [0.2, 0.25) is 0 Å². The summed E-state index contributed by atoms with van der Waals surface area (Å²) in [6.45, 7) is 5.81. The minimum absolute atomic E-state index is 0.105. The Labute approximate surface area is 208 Å². The molecule has 1 aliphatic heterocycles. The molecule has 1 aromatic heterocycles. The highest BCUT2D eigenvalue weighted by atomic mass is 79.9. The van der Waals surface area contributed by atoms with Gasteiger partial charge in [0.1, 0.15) is 11.5 Å². The van der Waals surface area contributed by atoms with Crippen LogP contribution in [0.3, 0.4) is 0 Å². The van der Waals surface area contributed by atoms with Crippen molar-refractivity contribution in [2.75, 3.05) is 4.90 Å². The zero-order chi connectivity index (χ0) is 24.1. The van der Waals surface area contributed by atoms with Gasteiger partial charge in [-0.3, -0.25) is 14.5 Å². The van der Waals surface area contributed by atoms with E-state index in [9.17, 15) is 14.7 Å². The lowest BCUT2D eigenvalue weighted by Gasteiger charge is -2.24. The molecule has 0 saturated carbocycles. The van der Waals surface area contributed by atoms with Gasteiger partial charge in [0.05, 0.1) is 11.6 Å². The maximum absolute atomic E-state index is 13.2. The van der Waals surface area contributed by atoms with Crippen LogP contribution in [-0.4, -0.2) is 22.0 Å². The van der Waals surface area contributed by atoms with E-state index >= 15 is 0 Å². The lowest BCUT2D eigenvalue weighted by molar-refractivity contribution is -0.132. The first-order valence-corrected chi connectivity index (χ1v) is 11.5. The van der Waals surface area contributed by atoms with Crippen LogP contribution < -0.4 is 4.90 Å². The molecule has 1 atom stereocenters. The number of benzene rings is 2. The highest BCUT2D eigenvalue weighted by Crippen LogP contribution is 2.45. The van der Waals surface area contributed by atoms with E-state index in [4.69, 9.17) is 27.7 Å². The van der Waals surface area contributed by atoms with Gasteiger partial charge >= 0.3 is 5.91 Å². The van der Waals surface area contributed by atoms with Crippen LogP contribution in [0, 0.1) is 0 Å². The number of carbonyl (C=O) groups excluding carboxylic acids is 2. The van der Waals surface area contributed by atoms with E-state index < -0.39 is 17.7 Å². The number of carbonyl (C=O) groups is 2. The van der Waals surface area contributed by atoms with E-state index in [2.05, 4.69) is 21.1 Å². The van der Waals surface area contributed by atoms with E-state index in [1.807, 2.05) is 20.8 Å². The summed E-state index contributed by atoms with van der Waals surface area (Å²) in [4.78, 5) is 27.6. The average molecular weight is 550 g/mol. The predicted molar refractivity (Wildman–Crippen MR) is 131 cm³/mol. The van der Waals surface area contributed by atoms with Gasteiger partial charge in [-0.25, -0.2) is 0 Å². The van der Waals surface area contributed by atoms with Crippen LogP contribution in [-0.2, 0) is 15.0 Å². The largest absolute Gasteiger partial charge is 0.507 e. The number of rotatable bonds is 3. The molecule has 1 aliphatic rings. The molecule has 1 amide bonds. The minimum atomic E-state index is -1.03. The standard InChI is InChI=1S/C24H19BrCl2N2O4/c1-24(2,3)17-11-18(28-33-17)29-20(15-9-8-14(26)10-16(15)27)19(22(31)23(29)32)21(30)12-4-6-13(25)7-5-12/h4-11,20,30H,1-3H3. The number of nitrogens with zero attached hydrogens (tertiary/aromatic N) is 2. The second-order valence-corrected chi connectivity index (χ2v) is 10.4. The fraction of sp³-hybridized carbons (Fsp3) is 0.208. The molecule has 0 spiro atoms. The maximum Gasteiger partial charge on any atom is 0.301 e. The summed E-state index contributed by atoms with van der Waals surface area (Å²) in [7, 11) is 0. The molecule has 1 fully saturated rings. The van der Waals surface area contributed by atoms with E-state index in [-0.39, 0.29) is 27.6 Å². The maximum atomic E-state index is 13.2. The zero-order valence-electron chi connectivity index (χ0n) is 17.9. The highest BCUT2D eigenvalue weighted by Gasteiger charge is 2.49. The number of anilines is 1. The lowest BCUT2D eigenvalue weighted by Crippen LogP contribution is -2.30. The highest BCUT2D eigenvalue weighted by molar-refractivity contribution is 9.10. The molecule has 1 unspecified atom stereocenters. The summed E-state index contributed by atoms with van der Waals surface area (Å²) in [6, 6.07) is 12.0. The van der Waals surface area contributed by atoms with Crippen LogP contribution in [0.4, 0.5) is 5.82 Å². The summed E-state index contributed by atoms with van der Waals surface area (Å²) >= 11 is 15.9. The Morgan fingerprint density at radius 3 is 2.33 bits per heavy atom. The fourth-order valence-electron chi connectivity index (χ4n) is 3.58. The van der Waals surface area contributed by atoms with Crippen LogP contribution in [0.5, 0.6) is 0 Å². The summed E-state index contributed by atoms with van der Waals surface area (Å²) in [5, 5.41) is 15.8. The van der Waals surface area contributed by atoms with Crippen molar-refractivity contribution in [3.05, 3.63) is 85.5 Å². The normalized spacial score (nSPS) is 18.2. The van der Waals surface area contributed by atoms with Crippen LogP contribution in [0.1, 0.15) is 43.7 Å². The number of aliphatic hydroxyl groups is 1. The topological polar surface area (TPSA) is 83.6 Å². The molecule has 1 N–H and O–H groups in total. The van der Waals surface area contributed by atoms with Crippen molar-refractivity contribution in [3.8, 4) is 0 Å². The van der Waals surface area contributed by atoms with E-state index in [0.29, 0.717) is 21.9 Å². The van der Waals surface area contributed by atoms with Crippen LogP contribution in [0.2, 0.25) is 10.0 Å². The van der Waals surface area contributed by atoms with Gasteiger partial charge in [-0.2, -0.15) is 0 Å². The number of hydrogen-bond acceptors (Lipinski definition) is 5. The SMILES string of the molecule is CC(C)(C)c1cc(N2C(=O)C(=O)C(=C(O)c3ccc(Br)cc3)C2c2ccc(Cl)cc2Cl)no1. The van der Waals surface area contributed by atoms with E-state index in [0.717, 1.165) is 4.47 Å². The number of halogens is 3. The quantitative estimate of drug-likeness (QED) is 0.224. The van der Waals surface area contributed by atoms with Crippen LogP contribution in [0.25, 0.3) is 5.76 Å². The Hall–Kier alpha value is -2.61. The minimum Gasteiger partial charge on any atom is -0.507 e. The van der Waals surface area contributed by atoms with Crippen LogP contribution in [0.15, 0.2) is 63.1 Å².